The Morgan fingerprint density at radius 2 is 2.09 bits per heavy atom. The Bertz CT molecular complexity index is 97.7. The number of hydrogen-bond acceptors (Lipinski definition) is 2. The van der Waals surface area contributed by atoms with Gasteiger partial charge in [-0.3, -0.25) is 0 Å². The van der Waals surface area contributed by atoms with E-state index in [-0.39, 0.29) is 6.10 Å². The van der Waals surface area contributed by atoms with Gasteiger partial charge in [-0.05, 0) is 32.7 Å². The van der Waals surface area contributed by atoms with Crippen LogP contribution in [0.3, 0.4) is 0 Å². The van der Waals surface area contributed by atoms with E-state index >= 15 is 0 Å². The van der Waals surface area contributed by atoms with Crippen molar-refractivity contribution in [3.63, 3.8) is 0 Å². The first kappa shape index (κ1) is 9.01. The minimum Gasteiger partial charge on any atom is -0.393 e. The molecule has 0 aromatic heterocycles. The highest BCUT2D eigenvalue weighted by Crippen LogP contribution is 2.17. The molecular weight excluding hydrogens is 138 g/mol. The maximum atomic E-state index is 8.99. The van der Waals surface area contributed by atoms with Gasteiger partial charge in [-0.25, -0.2) is 0 Å². The van der Waals surface area contributed by atoms with Crippen LogP contribution in [-0.4, -0.2) is 23.8 Å². The predicted molar refractivity (Wildman–Crippen MR) is 46.6 cm³/mol. The van der Waals surface area contributed by atoms with Crippen LogP contribution in [0.2, 0.25) is 0 Å². The summed E-state index contributed by atoms with van der Waals surface area (Å²) in [5.74, 6) is 0. The normalized spacial score (nSPS) is 22.4. The summed E-state index contributed by atoms with van der Waals surface area (Å²) < 4.78 is 0. The predicted octanol–water partition coefficient (Wildman–Crippen LogP) is 1.29. The number of aliphatic hydroxyl groups is 1. The standard InChI is InChI=1S/C9H19NO/c1-8(11)6-7-10-9-4-2-3-5-9/h8-11H,2-7H2,1H3. The van der Waals surface area contributed by atoms with Crippen LogP contribution >= 0.6 is 0 Å². The SMILES string of the molecule is CC(O)CCNC1CCCC1. The zero-order chi connectivity index (χ0) is 8.10. The second kappa shape index (κ2) is 4.73. The highest BCUT2D eigenvalue weighted by molar-refractivity contribution is 4.73. The van der Waals surface area contributed by atoms with E-state index in [1.807, 2.05) is 6.92 Å². The fourth-order valence-corrected chi connectivity index (χ4v) is 1.63. The van der Waals surface area contributed by atoms with Crippen molar-refractivity contribution < 1.29 is 5.11 Å². The summed E-state index contributed by atoms with van der Waals surface area (Å²) in [6, 6.07) is 0.744. The molecule has 1 fully saturated rings. The van der Waals surface area contributed by atoms with E-state index in [1.165, 1.54) is 25.7 Å². The Balaban J connectivity index is 1.94. The quantitative estimate of drug-likeness (QED) is 0.644. The lowest BCUT2D eigenvalue weighted by Gasteiger charge is -2.11. The van der Waals surface area contributed by atoms with Crippen LogP contribution in [0.15, 0.2) is 0 Å². The lowest BCUT2D eigenvalue weighted by Crippen LogP contribution is -2.28. The molecule has 0 heterocycles. The van der Waals surface area contributed by atoms with E-state index in [0.29, 0.717) is 0 Å². The van der Waals surface area contributed by atoms with E-state index in [9.17, 15) is 0 Å². The molecule has 1 rings (SSSR count). The van der Waals surface area contributed by atoms with Crippen LogP contribution in [0, 0.1) is 0 Å². The van der Waals surface area contributed by atoms with Gasteiger partial charge in [0.15, 0.2) is 0 Å². The van der Waals surface area contributed by atoms with Crippen molar-refractivity contribution >= 4 is 0 Å². The summed E-state index contributed by atoms with van der Waals surface area (Å²) in [6.45, 7) is 2.82. The number of rotatable bonds is 4. The molecule has 2 heteroatoms. The molecule has 2 N–H and O–H groups in total. The molecule has 1 atom stereocenters. The van der Waals surface area contributed by atoms with Crippen LogP contribution in [0.4, 0.5) is 0 Å². The van der Waals surface area contributed by atoms with E-state index in [2.05, 4.69) is 5.32 Å². The van der Waals surface area contributed by atoms with Gasteiger partial charge < -0.3 is 10.4 Å². The van der Waals surface area contributed by atoms with E-state index in [1.54, 1.807) is 0 Å². The van der Waals surface area contributed by atoms with Crippen molar-refractivity contribution in [2.45, 2.75) is 51.2 Å². The second-order valence-electron chi connectivity index (χ2n) is 3.57. The van der Waals surface area contributed by atoms with Crippen molar-refractivity contribution in [2.24, 2.45) is 0 Å². The van der Waals surface area contributed by atoms with Crippen LogP contribution in [0.25, 0.3) is 0 Å². The van der Waals surface area contributed by atoms with Gasteiger partial charge in [0.1, 0.15) is 0 Å². The topological polar surface area (TPSA) is 32.3 Å². The van der Waals surface area contributed by atoms with Gasteiger partial charge >= 0.3 is 0 Å². The molecule has 11 heavy (non-hydrogen) atoms. The van der Waals surface area contributed by atoms with Gasteiger partial charge in [-0.2, -0.15) is 0 Å². The molecule has 0 aromatic rings. The van der Waals surface area contributed by atoms with Gasteiger partial charge in [-0.1, -0.05) is 12.8 Å². The van der Waals surface area contributed by atoms with Gasteiger partial charge in [0.2, 0.25) is 0 Å². The van der Waals surface area contributed by atoms with Gasteiger partial charge in [0.25, 0.3) is 0 Å². The Hall–Kier alpha value is -0.0800. The third kappa shape index (κ3) is 3.73. The van der Waals surface area contributed by atoms with Crippen LogP contribution < -0.4 is 5.32 Å². The smallest absolute Gasteiger partial charge is 0.0524 e. The third-order valence-corrected chi connectivity index (χ3v) is 2.35. The summed E-state index contributed by atoms with van der Waals surface area (Å²) >= 11 is 0. The maximum absolute atomic E-state index is 8.99. The first-order valence-corrected chi connectivity index (χ1v) is 4.70. The molecule has 1 aliphatic carbocycles. The van der Waals surface area contributed by atoms with Crippen molar-refractivity contribution in [3.05, 3.63) is 0 Å². The summed E-state index contributed by atoms with van der Waals surface area (Å²) in [4.78, 5) is 0. The average Bonchev–Trinajstić information content (AvgIpc) is 2.39. The summed E-state index contributed by atoms with van der Waals surface area (Å²) in [6.07, 6.45) is 6.17. The molecule has 0 radical (unpaired) electrons. The Morgan fingerprint density at radius 3 is 2.64 bits per heavy atom. The lowest BCUT2D eigenvalue weighted by atomic mass is 10.2. The fourth-order valence-electron chi connectivity index (χ4n) is 1.63. The van der Waals surface area contributed by atoms with Gasteiger partial charge in [0, 0.05) is 6.04 Å². The van der Waals surface area contributed by atoms with E-state index in [4.69, 9.17) is 5.11 Å². The van der Waals surface area contributed by atoms with Gasteiger partial charge in [0.05, 0.1) is 6.10 Å². The Labute approximate surface area is 69.0 Å². The molecule has 0 amide bonds. The maximum Gasteiger partial charge on any atom is 0.0524 e. The first-order chi connectivity index (χ1) is 5.29. The molecule has 2 nitrogen and oxygen atoms in total. The van der Waals surface area contributed by atoms with E-state index in [0.717, 1.165) is 19.0 Å². The molecule has 0 aromatic carbocycles. The third-order valence-electron chi connectivity index (χ3n) is 2.35. The number of hydrogen-bond donors (Lipinski definition) is 2. The van der Waals surface area contributed by atoms with Crippen molar-refractivity contribution in [1.29, 1.82) is 0 Å². The van der Waals surface area contributed by atoms with Gasteiger partial charge in [-0.15, -0.1) is 0 Å². The minimum absolute atomic E-state index is 0.149. The zero-order valence-electron chi connectivity index (χ0n) is 7.34. The molecule has 0 aliphatic heterocycles. The minimum atomic E-state index is -0.149. The first-order valence-electron chi connectivity index (χ1n) is 4.70. The van der Waals surface area contributed by atoms with Crippen LogP contribution in [0.5, 0.6) is 0 Å². The highest BCUT2D eigenvalue weighted by atomic mass is 16.3. The summed E-state index contributed by atoms with van der Waals surface area (Å²) in [5, 5.41) is 12.4. The monoisotopic (exact) mass is 157 g/mol. The molecule has 1 saturated carbocycles. The molecule has 0 bridgehead atoms. The van der Waals surface area contributed by atoms with E-state index < -0.39 is 0 Å². The van der Waals surface area contributed by atoms with Crippen LogP contribution in [-0.2, 0) is 0 Å². The lowest BCUT2D eigenvalue weighted by molar-refractivity contribution is 0.182. The number of nitrogens with one attached hydrogen (secondary N) is 1. The van der Waals surface area contributed by atoms with Crippen molar-refractivity contribution in [3.8, 4) is 0 Å². The average molecular weight is 157 g/mol. The highest BCUT2D eigenvalue weighted by Gasteiger charge is 2.13. The van der Waals surface area contributed by atoms with Crippen LogP contribution in [0.1, 0.15) is 39.0 Å². The Morgan fingerprint density at radius 1 is 1.45 bits per heavy atom. The molecule has 1 unspecified atom stereocenters. The molecule has 0 spiro atoms. The zero-order valence-corrected chi connectivity index (χ0v) is 7.34. The number of aliphatic hydroxyl groups excluding tert-OH is 1. The fraction of sp³-hybridized carbons (Fsp3) is 1.00. The largest absolute Gasteiger partial charge is 0.393 e. The summed E-state index contributed by atoms with van der Waals surface area (Å²) in [7, 11) is 0. The molecule has 66 valence electrons. The van der Waals surface area contributed by atoms with Crippen molar-refractivity contribution in [2.75, 3.05) is 6.54 Å². The summed E-state index contributed by atoms with van der Waals surface area (Å²) in [5.41, 5.74) is 0. The Kier molecular flexibility index (Phi) is 3.87. The molecule has 1 aliphatic rings. The molecular formula is C9H19NO. The molecule has 0 saturated heterocycles. The van der Waals surface area contributed by atoms with Crippen molar-refractivity contribution in [1.82, 2.24) is 5.32 Å². The second-order valence-corrected chi connectivity index (χ2v) is 3.57.